The summed E-state index contributed by atoms with van der Waals surface area (Å²) in [6.45, 7) is 3.06. The van der Waals surface area contributed by atoms with E-state index in [1.54, 1.807) is 18.9 Å². The van der Waals surface area contributed by atoms with E-state index in [1.807, 2.05) is 30.3 Å². The summed E-state index contributed by atoms with van der Waals surface area (Å²) in [4.78, 5) is 26.9. The molecule has 0 saturated heterocycles. The summed E-state index contributed by atoms with van der Waals surface area (Å²) >= 11 is 0. The van der Waals surface area contributed by atoms with Gasteiger partial charge in [0.15, 0.2) is 0 Å². The predicted molar refractivity (Wildman–Crippen MR) is 129 cm³/mol. The average Bonchev–Trinajstić information content (AvgIpc) is 2.85. The van der Waals surface area contributed by atoms with E-state index in [2.05, 4.69) is 29.6 Å². The number of methoxy groups -OCH3 is 1. The zero-order valence-electron chi connectivity index (χ0n) is 19.7. The fraction of sp³-hybridized carbons (Fsp3) is 0.481. The van der Waals surface area contributed by atoms with Gasteiger partial charge in [0.1, 0.15) is 0 Å². The van der Waals surface area contributed by atoms with Crippen molar-refractivity contribution >= 4 is 11.8 Å². The minimum absolute atomic E-state index is 0.00833. The molecule has 1 saturated carbocycles. The van der Waals surface area contributed by atoms with Gasteiger partial charge in [-0.15, -0.1) is 0 Å². The van der Waals surface area contributed by atoms with Crippen LogP contribution >= 0.6 is 0 Å². The number of nitrogens with one attached hydrogen (secondary N) is 1. The number of rotatable bonds is 10. The van der Waals surface area contributed by atoms with E-state index in [0.717, 1.165) is 42.4 Å². The Morgan fingerprint density at radius 3 is 2.42 bits per heavy atom. The minimum Gasteiger partial charge on any atom is -0.394 e. The molecule has 0 aromatic heterocycles. The van der Waals surface area contributed by atoms with Gasteiger partial charge in [-0.3, -0.25) is 9.59 Å². The Hall–Kier alpha value is -2.70. The van der Waals surface area contributed by atoms with Gasteiger partial charge in [-0.2, -0.15) is 0 Å². The van der Waals surface area contributed by atoms with Crippen LogP contribution in [0.2, 0.25) is 0 Å². The van der Waals surface area contributed by atoms with E-state index >= 15 is 0 Å². The number of aliphatic hydroxyl groups excluding tert-OH is 1. The topological polar surface area (TPSA) is 78.9 Å². The van der Waals surface area contributed by atoms with Gasteiger partial charge in [0.2, 0.25) is 11.8 Å². The first-order valence-electron chi connectivity index (χ1n) is 11.8. The first-order valence-corrected chi connectivity index (χ1v) is 11.8. The average molecular weight is 453 g/mol. The first kappa shape index (κ1) is 24.9. The van der Waals surface area contributed by atoms with Gasteiger partial charge in [0, 0.05) is 33.0 Å². The molecule has 2 N–H and O–H groups in total. The number of ether oxygens (including phenoxy) is 1. The number of amides is 2. The maximum Gasteiger partial charge on any atom is 0.224 e. The zero-order valence-corrected chi connectivity index (χ0v) is 19.7. The Labute approximate surface area is 196 Å². The zero-order chi connectivity index (χ0) is 23.6. The van der Waals surface area contributed by atoms with Crippen LogP contribution in [0, 0.1) is 5.92 Å². The highest BCUT2D eigenvalue weighted by Gasteiger charge is 2.33. The lowest BCUT2D eigenvalue weighted by Gasteiger charge is -2.32. The number of hydrogen-bond acceptors (Lipinski definition) is 4. The second-order valence-corrected chi connectivity index (χ2v) is 8.83. The second-order valence-electron chi connectivity index (χ2n) is 8.83. The molecule has 0 heterocycles. The number of hydrogen-bond donors (Lipinski definition) is 2. The summed E-state index contributed by atoms with van der Waals surface area (Å²) in [6, 6.07) is 17.5. The second kappa shape index (κ2) is 12.5. The van der Waals surface area contributed by atoms with Crippen molar-refractivity contribution in [3.05, 3.63) is 71.3 Å². The fourth-order valence-corrected chi connectivity index (χ4v) is 4.68. The molecule has 1 aliphatic rings. The molecule has 2 aromatic rings. The van der Waals surface area contributed by atoms with Gasteiger partial charge in [0.05, 0.1) is 19.3 Å². The molecule has 6 heteroatoms. The molecule has 3 rings (SSSR count). The monoisotopic (exact) mass is 452 g/mol. The van der Waals surface area contributed by atoms with E-state index in [9.17, 15) is 14.7 Å². The fourth-order valence-electron chi connectivity index (χ4n) is 4.68. The van der Waals surface area contributed by atoms with Crippen LogP contribution in [0.1, 0.15) is 61.3 Å². The normalized spacial score (nSPS) is 19.0. The van der Waals surface area contributed by atoms with E-state index < -0.39 is 6.04 Å². The number of carbonyl (C=O) groups excluding carboxylic acids is 2. The van der Waals surface area contributed by atoms with Crippen molar-refractivity contribution in [3.63, 3.8) is 0 Å². The maximum atomic E-state index is 13.2. The summed E-state index contributed by atoms with van der Waals surface area (Å²) in [5, 5.41) is 12.9. The molecule has 178 valence electrons. The van der Waals surface area contributed by atoms with Gasteiger partial charge < -0.3 is 20.1 Å². The van der Waals surface area contributed by atoms with Crippen molar-refractivity contribution in [3.8, 4) is 0 Å². The summed E-state index contributed by atoms with van der Waals surface area (Å²) in [7, 11) is 1.63. The Morgan fingerprint density at radius 2 is 1.79 bits per heavy atom. The molecule has 3 atom stereocenters. The lowest BCUT2D eigenvalue weighted by molar-refractivity contribution is -0.130. The van der Waals surface area contributed by atoms with Crippen LogP contribution in [0.15, 0.2) is 54.6 Å². The number of nitrogens with zero attached hydrogens (tertiary/aromatic N) is 1. The maximum absolute atomic E-state index is 13.2. The lowest BCUT2D eigenvalue weighted by Crippen LogP contribution is -2.39. The first-order chi connectivity index (χ1) is 16.0. The smallest absolute Gasteiger partial charge is 0.224 e. The Morgan fingerprint density at radius 1 is 1.09 bits per heavy atom. The summed E-state index contributed by atoms with van der Waals surface area (Å²) in [6.07, 6.45) is 3.96. The van der Waals surface area contributed by atoms with Crippen molar-refractivity contribution in [2.45, 2.75) is 51.1 Å². The van der Waals surface area contributed by atoms with Crippen molar-refractivity contribution in [1.29, 1.82) is 0 Å². The Balaban J connectivity index is 1.69. The molecule has 33 heavy (non-hydrogen) atoms. The van der Waals surface area contributed by atoms with Crippen LogP contribution in [0.3, 0.4) is 0 Å². The quantitative estimate of drug-likeness (QED) is 0.575. The predicted octanol–water partition coefficient (Wildman–Crippen LogP) is 3.81. The van der Waals surface area contributed by atoms with Crippen LogP contribution in [0.25, 0.3) is 0 Å². The molecule has 0 aliphatic heterocycles. The molecular weight excluding hydrogens is 416 g/mol. The highest BCUT2D eigenvalue weighted by Crippen LogP contribution is 2.38. The third kappa shape index (κ3) is 6.89. The molecule has 1 aliphatic carbocycles. The SMILES string of the molecule is COCCN(Cc1ccc(C2CCCCC2C(=O)NC(CO)c2ccccc2)cc1)C(C)=O. The largest absolute Gasteiger partial charge is 0.394 e. The van der Waals surface area contributed by atoms with Crippen LogP contribution in [0.4, 0.5) is 0 Å². The van der Waals surface area contributed by atoms with Crippen molar-refractivity contribution in [2.75, 3.05) is 26.9 Å². The van der Waals surface area contributed by atoms with Gasteiger partial charge >= 0.3 is 0 Å². The van der Waals surface area contributed by atoms with Crippen molar-refractivity contribution in [2.24, 2.45) is 5.92 Å². The standard InChI is InChI=1S/C27H36N2O4/c1-20(31)29(16-17-33-2)18-21-12-14-22(15-13-21)24-10-6-7-11-25(24)27(32)28-26(19-30)23-8-4-3-5-9-23/h3-5,8-9,12-15,24-26,30H,6-7,10-11,16-19H2,1-2H3,(H,28,32). The van der Waals surface area contributed by atoms with Crippen LogP contribution < -0.4 is 5.32 Å². The molecule has 3 unspecified atom stereocenters. The van der Waals surface area contributed by atoms with Crippen LogP contribution in [-0.2, 0) is 20.9 Å². The molecule has 2 aromatic carbocycles. The third-order valence-electron chi connectivity index (χ3n) is 6.60. The summed E-state index contributed by atoms with van der Waals surface area (Å²) in [5.41, 5.74) is 3.13. The van der Waals surface area contributed by atoms with Crippen molar-refractivity contribution < 1.29 is 19.4 Å². The van der Waals surface area contributed by atoms with E-state index in [1.165, 1.54) is 0 Å². The molecule has 0 spiro atoms. The number of benzene rings is 2. The molecule has 6 nitrogen and oxygen atoms in total. The minimum atomic E-state index is -0.395. The van der Waals surface area contributed by atoms with E-state index in [4.69, 9.17) is 4.74 Å². The third-order valence-corrected chi connectivity index (χ3v) is 6.60. The summed E-state index contributed by atoms with van der Waals surface area (Å²) in [5.74, 6) is 0.0732. The lowest BCUT2D eigenvalue weighted by atomic mass is 9.74. The van der Waals surface area contributed by atoms with Gasteiger partial charge in [-0.05, 0) is 35.4 Å². The van der Waals surface area contributed by atoms with Crippen molar-refractivity contribution in [1.82, 2.24) is 10.2 Å². The molecule has 1 fully saturated rings. The molecular formula is C27H36N2O4. The Bertz CT molecular complexity index is 885. The van der Waals surface area contributed by atoms with E-state index in [0.29, 0.717) is 19.7 Å². The Kier molecular flexibility index (Phi) is 9.46. The molecule has 0 bridgehead atoms. The highest BCUT2D eigenvalue weighted by atomic mass is 16.5. The molecule has 2 amide bonds. The van der Waals surface area contributed by atoms with Gasteiger partial charge in [-0.1, -0.05) is 67.4 Å². The van der Waals surface area contributed by atoms with Crippen LogP contribution in [-0.4, -0.2) is 48.7 Å². The number of carbonyl (C=O) groups is 2. The van der Waals surface area contributed by atoms with Crippen LogP contribution in [0.5, 0.6) is 0 Å². The summed E-state index contributed by atoms with van der Waals surface area (Å²) < 4.78 is 5.11. The van der Waals surface area contributed by atoms with Gasteiger partial charge in [-0.25, -0.2) is 0 Å². The van der Waals surface area contributed by atoms with E-state index in [-0.39, 0.29) is 30.3 Å². The highest BCUT2D eigenvalue weighted by molar-refractivity contribution is 5.80. The molecule has 0 radical (unpaired) electrons. The van der Waals surface area contributed by atoms with Gasteiger partial charge in [0.25, 0.3) is 0 Å². The number of aliphatic hydroxyl groups is 1.